The van der Waals surface area contributed by atoms with Crippen LogP contribution in [0.25, 0.3) is 0 Å². The average Bonchev–Trinajstić information content (AvgIpc) is 2.27. The molecule has 0 unspecified atom stereocenters. The molecular weight excluding hydrogens is 220 g/mol. The quantitative estimate of drug-likeness (QED) is 0.771. The maximum absolute atomic E-state index is 11.9. The maximum atomic E-state index is 11.9. The van der Waals surface area contributed by atoms with Crippen LogP contribution in [0.4, 0.5) is 0 Å². The summed E-state index contributed by atoms with van der Waals surface area (Å²) in [7, 11) is 1.68. The highest BCUT2D eigenvalue weighted by Gasteiger charge is 2.12. The third kappa shape index (κ3) is 4.03. The fraction of sp³-hybridized carbons (Fsp3) is 0.500. The van der Waals surface area contributed by atoms with Gasteiger partial charge in [0.15, 0.2) is 5.43 Å². The smallest absolute Gasteiger partial charge is 0.270 e. The number of carbonyl (C=O) groups excluding carboxylic acids is 1. The van der Waals surface area contributed by atoms with E-state index in [1.54, 1.807) is 14.0 Å². The van der Waals surface area contributed by atoms with Crippen molar-refractivity contribution in [1.29, 1.82) is 0 Å². The number of nitrogens with zero attached hydrogens (tertiary/aromatic N) is 1. The molecule has 5 heteroatoms. The number of aromatic nitrogens is 1. The number of hydrogen-bond acceptors (Lipinski definition) is 3. The van der Waals surface area contributed by atoms with E-state index in [9.17, 15) is 9.59 Å². The van der Waals surface area contributed by atoms with Gasteiger partial charge in [-0.1, -0.05) is 0 Å². The zero-order valence-corrected chi connectivity index (χ0v) is 10.4. The average molecular weight is 238 g/mol. The summed E-state index contributed by atoms with van der Waals surface area (Å²) >= 11 is 0. The van der Waals surface area contributed by atoms with Gasteiger partial charge in [-0.05, 0) is 13.8 Å². The van der Waals surface area contributed by atoms with Crippen LogP contribution in [0.5, 0.6) is 0 Å². The van der Waals surface area contributed by atoms with Crippen molar-refractivity contribution in [2.45, 2.75) is 13.8 Å². The molecule has 1 aromatic rings. The van der Waals surface area contributed by atoms with Crippen LogP contribution in [0.15, 0.2) is 16.9 Å². The number of amides is 1. The van der Waals surface area contributed by atoms with Crippen molar-refractivity contribution in [3.8, 4) is 0 Å². The standard InChI is InChI=1S/C12H18N2O3/c1-4-17-6-5-14(3)12(16)11-8-10(15)7-9(2)13-11/h7-8H,4-6H2,1-3H3,(H,13,15). The van der Waals surface area contributed by atoms with Crippen LogP contribution in [-0.2, 0) is 4.74 Å². The number of nitrogens with one attached hydrogen (secondary N) is 1. The summed E-state index contributed by atoms with van der Waals surface area (Å²) in [5, 5.41) is 0. The Bertz CT molecular complexity index is 440. The van der Waals surface area contributed by atoms with E-state index in [1.807, 2.05) is 6.92 Å². The zero-order valence-electron chi connectivity index (χ0n) is 10.4. The molecule has 5 nitrogen and oxygen atoms in total. The molecule has 1 N–H and O–H groups in total. The minimum Gasteiger partial charge on any atom is -0.380 e. The third-order valence-corrected chi connectivity index (χ3v) is 2.33. The Labute approximate surface area is 100 Å². The lowest BCUT2D eigenvalue weighted by molar-refractivity contribution is 0.0704. The molecule has 0 saturated carbocycles. The fourth-order valence-corrected chi connectivity index (χ4v) is 1.45. The Morgan fingerprint density at radius 1 is 1.47 bits per heavy atom. The van der Waals surface area contributed by atoms with Crippen molar-refractivity contribution in [2.24, 2.45) is 0 Å². The van der Waals surface area contributed by atoms with Crippen molar-refractivity contribution in [3.63, 3.8) is 0 Å². The van der Waals surface area contributed by atoms with E-state index in [-0.39, 0.29) is 11.3 Å². The maximum Gasteiger partial charge on any atom is 0.270 e. The van der Waals surface area contributed by atoms with Gasteiger partial charge in [0.25, 0.3) is 5.91 Å². The van der Waals surface area contributed by atoms with Gasteiger partial charge < -0.3 is 14.6 Å². The summed E-state index contributed by atoms with van der Waals surface area (Å²) in [6.07, 6.45) is 0. The molecule has 0 aromatic carbocycles. The summed E-state index contributed by atoms with van der Waals surface area (Å²) in [5.74, 6) is -0.203. The second-order valence-corrected chi connectivity index (χ2v) is 3.84. The van der Waals surface area contributed by atoms with E-state index < -0.39 is 0 Å². The first kappa shape index (κ1) is 13.4. The second-order valence-electron chi connectivity index (χ2n) is 3.84. The predicted molar refractivity (Wildman–Crippen MR) is 65.3 cm³/mol. The molecule has 0 atom stereocenters. The largest absolute Gasteiger partial charge is 0.380 e. The molecule has 0 aliphatic heterocycles. The number of ether oxygens (including phenoxy) is 1. The van der Waals surface area contributed by atoms with Crippen molar-refractivity contribution >= 4 is 5.91 Å². The monoisotopic (exact) mass is 238 g/mol. The first-order valence-corrected chi connectivity index (χ1v) is 5.58. The molecule has 0 radical (unpaired) electrons. The molecule has 0 saturated heterocycles. The zero-order chi connectivity index (χ0) is 12.8. The van der Waals surface area contributed by atoms with E-state index in [2.05, 4.69) is 4.98 Å². The van der Waals surface area contributed by atoms with Crippen LogP contribution in [0.1, 0.15) is 23.1 Å². The van der Waals surface area contributed by atoms with Crippen LogP contribution >= 0.6 is 0 Å². The summed E-state index contributed by atoms with van der Waals surface area (Å²) in [6.45, 7) is 5.28. The molecule has 0 aliphatic carbocycles. The Morgan fingerprint density at radius 2 is 2.18 bits per heavy atom. The highest BCUT2D eigenvalue weighted by molar-refractivity contribution is 5.92. The number of H-pyrrole nitrogens is 1. The van der Waals surface area contributed by atoms with Crippen LogP contribution in [0.2, 0.25) is 0 Å². The number of aromatic amines is 1. The van der Waals surface area contributed by atoms with E-state index in [0.717, 1.165) is 0 Å². The highest BCUT2D eigenvalue weighted by Crippen LogP contribution is 1.99. The summed E-state index contributed by atoms with van der Waals surface area (Å²) in [6, 6.07) is 2.77. The van der Waals surface area contributed by atoms with E-state index >= 15 is 0 Å². The molecule has 0 fully saturated rings. The minimum absolute atomic E-state index is 0.164. The van der Waals surface area contributed by atoms with Crippen LogP contribution in [0.3, 0.4) is 0 Å². The van der Waals surface area contributed by atoms with Gasteiger partial charge in [0, 0.05) is 38.0 Å². The summed E-state index contributed by atoms with van der Waals surface area (Å²) in [5.41, 5.74) is 0.830. The molecule has 94 valence electrons. The first-order chi connectivity index (χ1) is 8.04. The van der Waals surface area contributed by atoms with E-state index in [0.29, 0.717) is 31.1 Å². The summed E-state index contributed by atoms with van der Waals surface area (Å²) in [4.78, 5) is 27.6. The molecule has 0 spiro atoms. The molecular formula is C12H18N2O3. The molecule has 0 aliphatic rings. The SMILES string of the molecule is CCOCCN(C)C(=O)c1cc(=O)cc(C)[nH]1. The van der Waals surface area contributed by atoms with Crippen molar-refractivity contribution in [1.82, 2.24) is 9.88 Å². The Kier molecular flexibility index (Phi) is 4.90. The van der Waals surface area contributed by atoms with Gasteiger partial charge in [-0.25, -0.2) is 0 Å². The number of rotatable bonds is 5. The predicted octanol–water partition coefficient (Wildman–Crippen LogP) is 0.792. The van der Waals surface area contributed by atoms with Gasteiger partial charge in [-0.2, -0.15) is 0 Å². The van der Waals surface area contributed by atoms with Crippen molar-refractivity contribution in [2.75, 3.05) is 26.8 Å². The van der Waals surface area contributed by atoms with Crippen LogP contribution in [-0.4, -0.2) is 42.6 Å². The normalized spacial score (nSPS) is 10.3. The van der Waals surface area contributed by atoms with Crippen molar-refractivity contribution < 1.29 is 9.53 Å². The van der Waals surface area contributed by atoms with Crippen molar-refractivity contribution in [3.05, 3.63) is 33.7 Å². The topological polar surface area (TPSA) is 62.4 Å². The highest BCUT2D eigenvalue weighted by atomic mass is 16.5. The van der Waals surface area contributed by atoms with Crippen LogP contribution < -0.4 is 5.43 Å². The van der Waals surface area contributed by atoms with Gasteiger partial charge in [-0.15, -0.1) is 0 Å². The molecule has 1 heterocycles. The lowest BCUT2D eigenvalue weighted by Gasteiger charge is -2.16. The van der Waals surface area contributed by atoms with Gasteiger partial charge in [-0.3, -0.25) is 9.59 Å². The van der Waals surface area contributed by atoms with Gasteiger partial charge in [0.05, 0.1) is 6.61 Å². The van der Waals surface area contributed by atoms with Crippen LogP contribution in [0, 0.1) is 6.92 Å². The summed E-state index contributed by atoms with van der Waals surface area (Å²) < 4.78 is 5.17. The van der Waals surface area contributed by atoms with E-state index in [1.165, 1.54) is 17.0 Å². The number of likely N-dealkylation sites (N-methyl/N-ethyl adjacent to an activating group) is 1. The number of hydrogen-bond donors (Lipinski definition) is 1. The number of carbonyl (C=O) groups is 1. The minimum atomic E-state index is -0.203. The first-order valence-electron chi connectivity index (χ1n) is 5.58. The Hall–Kier alpha value is -1.62. The fourth-order valence-electron chi connectivity index (χ4n) is 1.45. The molecule has 1 amide bonds. The molecule has 1 rings (SSSR count). The Balaban J connectivity index is 2.71. The third-order valence-electron chi connectivity index (χ3n) is 2.33. The molecule has 0 bridgehead atoms. The second kappa shape index (κ2) is 6.20. The van der Waals surface area contributed by atoms with E-state index in [4.69, 9.17) is 4.74 Å². The lowest BCUT2D eigenvalue weighted by Crippen LogP contribution is -2.31. The Morgan fingerprint density at radius 3 is 2.76 bits per heavy atom. The lowest BCUT2D eigenvalue weighted by atomic mass is 10.3. The van der Waals surface area contributed by atoms with Gasteiger partial charge in [0.2, 0.25) is 0 Å². The van der Waals surface area contributed by atoms with Gasteiger partial charge >= 0.3 is 0 Å². The number of pyridine rings is 1. The molecule has 1 aromatic heterocycles. The van der Waals surface area contributed by atoms with Gasteiger partial charge in [0.1, 0.15) is 5.69 Å². The number of aryl methyl sites for hydroxylation is 1. The molecule has 17 heavy (non-hydrogen) atoms.